The summed E-state index contributed by atoms with van der Waals surface area (Å²) < 4.78 is 6.01. The summed E-state index contributed by atoms with van der Waals surface area (Å²) >= 11 is 0. The number of nitrogens with zero attached hydrogens (tertiary/aromatic N) is 2. The number of carbonyl (C=O) groups is 1. The number of benzene rings is 3. The van der Waals surface area contributed by atoms with E-state index in [0.29, 0.717) is 0 Å². The molecule has 3 aromatic rings. The number of para-hydroxylation sites is 2. The molecule has 5 heteroatoms. The summed E-state index contributed by atoms with van der Waals surface area (Å²) in [6.45, 7) is 4.19. The van der Waals surface area contributed by atoms with Crippen LogP contribution in [0.3, 0.4) is 0 Å². The van der Waals surface area contributed by atoms with E-state index >= 15 is 0 Å². The predicted octanol–water partition coefficient (Wildman–Crippen LogP) is 4.31. The zero-order chi connectivity index (χ0) is 20.5. The Morgan fingerprint density at radius 1 is 0.833 bits per heavy atom. The van der Waals surface area contributed by atoms with Gasteiger partial charge in [0.25, 0.3) is 0 Å². The third-order valence-electron chi connectivity index (χ3n) is 5.95. The van der Waals surface area contributed by atoms with Crippen molar-refractivity contribution in [2.45, 2.75) is 5.92 Å². The minimum Gasteiger partial charge on any atom is -0.457 e. The van der Waals surface area contributed by atoms with Crippen molar-refractivity contribution < 1.29 is 9.53 Å². The molecule has 0 aromatic heterocycles. The van der Waals surface area contributed by atoms with Crippen LogP contribution in [-0.4, -0.2) is 44.0 Å². The zero-order valence-electron chi connectivity index (χ0n) is 17.0. The third-order valence-corrected chi connectivity index (χ3v) is 5.95. The van der Waals surface area contributed by atoms with Gasteiger partial charge in [0.2, 0.25) is 5.91 Å². The van der Waals surface area contributed by atoms with Gasteiger partial charge >= 0.3 is 0 Å². The molecule has 0 aliphatic carbocycles. The maximum atomic E-state index is 13.3. The molecule has 1 amide bonds. The van der Waals surface area contributed by atoms with Gasteiger partial charge in [0.15, 0.2) is 0 Å². The molecular formula is C25H25N3O2. The molecule has 0 unspecified atom stereocenters. The van der Waals surface area contributed by atoms with E-state index in [-0.39, 0.29) is 5.91 Å². The molecular weight excluding hydrogens is 374 g/mol. The van der Waals surface area contributed by atoms with E-state index in [4.69, 9.17) is 4.74 Å². The van der Waals surface area contributed by atoms with Crippen molar-refractivity contribution in [3.63, 3.8) is 0 Å². The fourth-order valence-electron chi connectivity index (χ4n) is 4.23. The Balaban J connectivity index is 1.37. The average Bonchev–Trinajstić information content (AvgIpc) is 2.78. The highest BCUT2D eigenvalue weighted by molar-refractivity contribution is 5.99. The minimum atomic E-state index is -0.400. The SMILES string of the molecule is CN1CCN(c2ccc(NC(=O)C3c4ccccc4Oc4ccccc43)cc2)CC1. The van der Waals surface area contributed by atoms with Crippen molar-refractivity contribution in [2.24, 2.45) is 0 Å². The van der Waals surface area contributed by atoms with Crippen LogP contribution in [0.25, 0.3) is 0 Å². The predicted molar refractivity (Wildman–Crippen MR) is 120 cm³/mol. The summed E-state index contributed by atoms with van der Waals surface area (Å²) in [4.78, 5) is 18.1. The molecule has 0 saturated carbocycles. The quantitative estimate of drug-likeness (QED) is 0.713. The Hall–Kier alpha value is -3.31. The molecule has 1 N–H and O–H groups in total. The monoisotopic (exact) mass is 399 g/mol. The largest absolute Gasteiger partial charge is 0.457 e. The molecule has 2 heterocycles. The fraction of sp³-hybridized carbons (Fsp3) is 0.240. The van der Waals surface area contributed by atoms with Crippen molar-refractivity contribution in [1.82, 2.24) is 4.90 Å². The Kier molecular flexibility index (Phi) is 4.89. The van der Waals surface area contributed by atoms with Gasteiger partial charge in [0.05, 0.1) is 5.92 Å². The van der Waals surface area contributed by atoms with Gasteiger partial charge < -0.3 is 19.9 Å². The Labute approximate surface area is 176 Å². The average molecular weight is 399 g/mol. The Bertz CT molecular complexity index is 1010. The van der Waals surface area contributed by atoms with Gasteiger partial charge in [-0.3, -0.25) is 4.79 Å². The van der Waals surface area contributed by atoms with E-state index in [1.54, 1.807) is 0 Å². The first-order valence-corrected chi connectivity index (χ1v) is 10.4. The molecule has 0 radical (unpaired) electrons. The second-order valence-electron chi connectivity index (χ2n) is 7.94. The zero-order valence-corrected chi connectivity index (χ0v) is 17.0. The van der Waals surface area contributed by atoms with E-state index in [1.807, 2.05) is 60.7 Å². The van der Waals surface area contributed by atoms with Gasteiger partial charge in [-0.25, -0.2) is 0 Å². The molecule has 30 heavy (non-hydrogen) atoms. The Morgan fingerprint density at radius 3 is 2.00 bits per heavy atom. The van der Waals surface area contributed by atoms with E-state index < -0.39 is 5.92 Å². The molecule has 0 spiro atoms. The number of rotatable bonds is 3. The molecule has 2 aliphatic heterocycles. The maximum Gasteiger partial charge on any atom is 0.236 e. The number of ether oxygens (including phenoxy) is 1. The number of anilines is 2. The highest BCUT2D eigenvalue weighted by Gasteiger charge is 2.32. The Morgan fingerprint density at radius 2 is 1.40 bits per heavy atom. The first-order valence-electron chi connectivity index (χ1n) is 10.4. The van der Waals surface area contributed by atoms with Crippen molar-refractivity contribution in [2.75, 3.05) is 43.4 Å². The van der Waals surface area contributed by atoms with Crippen LogP contribution in [0.4, 0.5) is 11.4 Å². The summed E-state index contributed by atoms with van der Waals surface area (Å²) in [7, 11) is 2.16. The van der Waals surface area contributed by atoms with E-state index in [1.165, 1.54) is 5.69 Å². The molecule has 2 aliphatic rings. The van der Waals surface area contributed by atoms with Crippen LogP contribution in [0.2, 0.25) is 0 Å². The lowest BCUT2D eigenvalue weighted by Gasteiger charge is -2.34. The lowest BCUT2D eigenvalue weighted by atomic mass is 9.87. The number of piperazine rings is 1. The number of hydrogen-bond acceptors (Lipinski definition) is 4. The maximum absolute atomic E-state index is 13.3. The van der Waals surface area contributed by atoms with Crippen LogP contribution in [0.15, 0.2) is 72.8 Å². The molecule has 3 aromatic carbocycles. The molecule has 0 atom stereocenters. The first-order chi connectivity index (χ1) is 14.7. The summed E-state index contributed by atoms with van der Waals surface area (Å²) in [6.07, 6.45) is 0. The van der Waals surface area contributed by atoms with Gasteiger partial charge in [0.1, 0.15) is 11.5 Å². The normalized spacial score (nSPS) is 16.4. The number of likely N-dealkylation sites (N-methyl/N-ethyl adjacent to an activating group) is 1. The van der Waals surface area contributed by atoms with E-state index in [9.17, 15) is 4.79 Å². The summed E-state index contributed by atoms with van der Waals surface area (Å²) in [6, 6.07) is 23.7. The van der Waals surface area contributed by atoms with Gasteiger partial charge in [-0.15, -0.1) is 0 Å². The van der Waals surface area contributed by atoms with Crippen LogP contribution in [0.1, 0.15) is 17.0 Å². The van der Waals surface area contributed by atoms with E-state index in [2.05, 4.69) is 34.3 Å². The molecule has 1 fully saturated rings. The standard InChI is InChI=1S/C25H25N3O2/c1-27-14-16-28(17-15-27)19-12-10-18(11-13-19)26-25(29)24-20-6-2-4-8-22(20)30-23-9-5-3-7-21(23)24/h2-13,24H,14-17H2,1H3,(H,26,29). The van der Waals surface area contributed by atoms with Gasteiger partial charge in [-0.1, -0.05) is 36.4 Å². The van der Waals surface area contributed by atoms with Crippen molar-refractivity contribution >= 4 is 17.3 Å². The number of nitrogens with one attached hydrogen (secondary N) is 1. The van der Waals surface area contributed by atoms with Crippen molar-refractivity contribution in [1.29, 1.82) is 0 Å². The summed E-state index contributed by atoms with van der Waals surface area (Å²) in [5.74, 6) is 1.03. The van der Waals surface area contributed by atoms with Crippen LogP contribution in [0, 0.1) is 0 Å². The first kappa shape index (κ1) is 18.7. The highest BCUT2D eigenvalue weighted by atomic mass is 16.5. The van der Waals surface area contributed by atoms with E-state index in [0.717, 1.165) is 54.5 Å². The molecule has 152 valence electrons. The van der Waals surface area contributed by atoms with Gasteiger partial charge in [-0.05, 0) is 43.4 Å². The smallest absolute Gasteiger partial charge is 0.236 e. The lowest BCUT2D eigenvalue weighted by molar-refractivity contribution is -0.116. The van der Waals surface area contributed by atoms with Crippen LogP contribution >= 0.6 is 0 Å². The highest BCUT2D eigenvalue weighted by Crippen LogP contribution is 2.44. The molecule has 0 bridgehead atoms. The topological polar surface area (TPSA) is 44.8 Å². The molecule has 1 saturated heterocycles. The van der Waals surface area contributed by atoms with Crippen LogP contribution < -0.4 is 15.0 Å². The number of fused-ring (bicyclic) bond motifs is 2. The van der Waals surface area contributed by atoms with Crippen LogP contribution in [-0.2, 0) is 4.79 Å². The van der Waals surface area contributed by atoms with Crippen molar-refractivity contribution in [3.8, 4) is 11.5 Å². The molecule has 5 nitrogen and oxygen atoms in total. The summed E-state index contributed by atoms with van der Waals surface area (Å²) in [5, 5.41) is 3.11. The number of hydrogen-bond donors (Lipinski definition) is 1. The van der Waals surface area contributed by atoms with Gasteiger partial charge in [-0.2, -0.15) is 0 Å². The number of carbonyl (C=O) groups excluding carboxylic acids is 1. The summed E-state index contributed by atoms with van der Waals surface area (Å²) in [5.41, 5.74) is 3.78. The fourth-order valence-corrected chi connectivity index (χ4v) is 4.23. The van der Waals surface area contributed by atoms with Gasteiger partial charge in [0, 0.05) is 48.7 Å². The lowest BCUT2D eigenvalue weighted by Crippen LogP contribution is -2.44. The second-order valence-corrected chi connectivity index (χ2v) is 7.94. The second kappa shape index (κ2) is 7.84. The molecule has 5 rings (SSSR count). The number of amides is 1. The minimum absolute atomic E-state index is 0.0504. The third kappa shape index (κ3) is 3.53. The van der Waals surface area contributed by atoms with Crippen molar-refractivity contribution in [3.05, 3.63) is 83.9 Å². The van der Waals surface area contributed by atoms with Crippen LogP contribution in [0.5, 0.6) is 11.5 Å².